The highest BCUT2D eigenvalue weighted by atomic mass is 16.1. The fourth-order valence-electron chi connectivity index (χ4n) is 4.73. The van der Waals surface area contributed by atoms with E-state index >= 15 is 0 Å². The van der Waals surface area contributed by atoms with Crippen LogP contribution in [0.3, 0.4) is 0 Å². The van der Waals surface area contributed by atoms with Crippen molar-refractivity contribution < 1.29 is 4.79 Å². The molecule has 3 aliphatic carbocycles. The lowest BCUT2D eigenvalue weighted by Crippen LogP contribution is -2.41. The molecule has 1 saturated carbocycles. The van der Waals surface area contributed by atoms with Crippen molar-refractivity contribution in [3.63, 3.8) is 0 Å². The van der Waals surface area contributed by atoms with E-state index in [2.05, 4.69) is 37.3 Å². The smallest absolute Gasteiger partial charge is 0.144 e. The van der Waals surface area contributed by atoms with Crippen LogP contribution in [0, 0.1) is 17.3 Å². The van der Waals surface area contributed by atoms with Gasteiger partial charge in [0.05, 0.1) is 0 Å². The molecule has 1 aromatic rings. The van der Waals surface area contributed by atoms with Crippen LogP contribution < -0.4 is 0 Å². The molecule has 0 heterocycles. The molecule has 1 fully saturated rings. The Morgan fingerprint density at radius 3 is 2.85 bits per heavy atom. The van der Waals surface area contributed by atoms with Crippen LogP contribution in [0.4, 0.5) is 0 Å². The van der Waals surface area contributed by atoms with Crippen LogP contribution in [-0.4, -0.2) is 5.78 Å². The highest BCUT2D eigenvalue weighted by Gasteiger charge is 2.54. The molecule has 0 N–H and O–H groups in total. The lowest BCUT2D eigenvalue weighted by Gasteiger charge is -2.38. The first-order valence-corrected chi connectivity index (χ1v) is 8.03. The molecule has 0 radical (unpaired) electrons. The summed E-state index contributed by atoms with van der Waals surface area (Å²) in [4.78, 5) is 12.7. The van der Waals surface area contributed by atoms with Gasteiger partial charge in [-0.3, -0.25) is 4.79 Å². The maximum absolute atomic E-state index is 12.7. The molecule has 1 nitrogen and oxygen atoms in total. The molecule has 20 heavy (non-hydrogen) atoms. The molecule has 1 heteroatoms. The molecule has 3 atom stereocenters. The maximum atomic E-state index is 12.7. The summed E-state index contributed by atoms with van der Waals surface area (Å²) in [7, 11) is 0. The van der Waals surface area contributed by atoms with Crippen molar-refractivity contribution in [2.24, 2.45) is 17.3 Å². The van der Waals surface area contributed by atoms with E-state index in [-0.39, 0.29) is 5.41 Å². The number of hydrogen-bond acceptors (Lipinski definition) is 1. The number of benzene rings is 1. The van der Waals surface area contributed by atoms with Crippen LogP contribution in [-0.2, 0) is 24.1 Å². The van der Waals surface area contributed by atoms with Crippen LogP contribution in [0.15, 0.2) is 30.4 Å². The van der Waals surface area contributed by atoms with Crippen molar-refractivity contribution in [3.05, 3.63) is 47.0 Å². The minimum Gasteiger partial charge on any atom is -0.299 e. The van der Waals surface area contributed by atoms with E-state index in [9.17, 15) is 4.79 Å². The maximum Gasteiger partial charge on any atom is 0.144 e. The van der Waals surface area contributed by atoms with Crippen LogP contribution in [0.5, 0.6) is 0 Å². The zero-order valence-corrected chi connectivity index (χ0v) is 12.2. The minimum atomic E-state index is -0.0444. The largest absolute Gasteiger partial charge is 0.299 e. The van der Waals surface area contributed by atoms with Crippen molar-refractivity contribution in [3.8, 4) is 0 Å². The number of allylic oxidation sites excluding steroid dienone is 2. The predicted octanol–water partition coefficient (Wildman–Crippen LogP) is 3.89. The number of carbonyl (C=O) groups excluding carboxylic acids is 1. The van der Waals surface area contributed by atoms with Gasteiger partial charge in [0.2, 0.25) is 0 Å². The fourth-order valence-corrected chi connectivity index (χ4v) is 4.73. The molecule has 2 bridgehead atoms. The highest BCUT2D eigenvalue weighted by molar-refractivity contribution is 5.90. The van der Waals surface area contributed by atoms with Gasteiger partial charge in [0.15, 0.2) is 0 Å². The highest BCUT2D eigenvalue weighted by Crippen LogP contribution is 2.56. The van der Waals surface area contributed by atoms with Gasteiger partial charge in [0.25, 0.3) is 0 Å². The van der Waals surface area contributed by atoms with E-state index in [1.807, 2.05) is 0 Å². The second kappa shape index (κ2) is 4.31. The molecule has 1 aromatic carbocycles. The molecular formula is C19H22O. The van der Waals surface area contributed by atoms with Gasteiger partial charge in [-0.05, 0) is 54.2 Å². The Kier molecular flexibility index (Phi) is 2.67. The van der Waals surface area contributed by atoms with E-state index in [1.165, 1.54) is 29.5 Å². The molecule has 4 rings (SSSR count). The third kappa shape index (κ3) is 1.65. The lowest BCUT2D eigenvalue weighted by atomic mass is 9.63. The first-order valence-electron chi connectivity index (χ1n) is 8.03. The van der Waals surface area contributed by atoms with Crippen LogP contribution in [0.25, 0.3) is 0 Å². The zero-order valence-electron chi connectivity index (χ0n) is 12.2. The Balaban J connectivity index is 1.72. The monoisotopic (exact) mass is 266 g/mol. The van der Waals surface area contributed by atoms with E-state index in [0.717, 1.165) is 19.3 Å². The first kappa shape index (κ1) is 12.4. The molecule has 3 aliphatic rings. The standard InChI is InChI=1S/C19H22O/c1-2-3-13-4-6-15-10-18(20)19(12-16(15)8-13)11-14-5-7-17(19)9-14/h4-8,14,17H,2-3,9-12H2,1H3. The van der Waals surface area contributed by atoms with Crippen molar-refractivity contribution in [2.75, 3.05) is 0 Å². The predicted molar refractivity (Wildman–Crippen MR) is 80.6 cm³/mol. The van der Waals surface area contributed by atoms with Crippen molar-refractivity contribution in [1.29, 1.82) is 0 Å². The first-order chi connectivity index (χ1) is 9.71. The van der Waals surface area contributed by atoms with E-state index < -0.39 is 0 Å². The number of ketones is 1. The third-order valence-corrected chi connectivity index (χ3v) is 5.73. The van der Waals surface area contributed by atoms with Gasteiger partial charge in [-0.2, -0.15) is 0 Å². The van der Waals surface area contributed by atoms with Gasteiger partial charge in [-0.15, -0.1) is 0 Å². The lowest BCUT2D eigenvalue weighted by molar-refractivity contribution is -0.130. The summed E-state index contributed by atoms with van der Waals surface area (Å²) in [5, 5.41) is 0. The Bertz CT molecular complexity index is 598. The number of carbonyl (C=O) groups is 1. The summed E-state index contributed by atoms with van der Waals surface area (Å²) in [5.41, 5.74) is 4.13. The zero-order chi connectivity index (χ0) is 13.7. The number of aryl methyl sites for hydroxylation is 1. The third-order valence-electron chi connectivity index (χ3n) is 5.73. The van der Waals surface area contributed by atoms with Crippen LogP contribution >= 0.6 is 0 Å². The van der Waals surface area contributed by atoms with Crippen molar-refractivity contribution in [2.45, 2.75) is 45.4 Å². The van der Waals surface area contributed by atoms with Gasteiger partial charge < -0.3 is 0 Å². The minimum absolute atomic E-state index is 0.0444. The SMILES string of the molecule is CCCc1ccc2c(c1)CC1(CC3C=CC1C3)C(=O)C2. The molecule has 1 spiro atoms. The molecule has 0 amide bonds. The second-order valence-electron chi connectivity index (χ2n) is 6.98. The average Bonchev–Trinajstić information content (AvgIpc) is 3.02. The van der Waals surface area contributed by atoms with Crippen molar-refractivity contribution in [1.82, 2.24) is 0 Å². The Morgan fingerprint density at radius 1 is 1.25 bits per heavy atom. The number of Topliss-reactive ketones (excluding diaryl/α,β-unsaturated/α-hetero) is 1. The summed E-state index contributed by atoms with van der Waals surface area (Å²) >= 11 is 0. The van der Waals surface area contributed by atoms with E-state index in [4.69, 9.17) is 0 Å². The molecule has 3 unspecified atom stereocenters. The summed E-state index contributed by atoms with van der Waals surface area (Å²) in [6, 6.07) is 6.80. The fraction of sp³-hybridized carbons (Fsp3) is 0.526. The van der Waals surface area contributed by atoms with Gasteiger partial charge in [-0.25, -0.2) is 0 Å². The normalized spacial score (nSPS) is 34.0. The molecule has 0 aliphatic heterocycles. The molecule has 0 saturated heterocycles. The van der Waals surface area contributed by atoms with Gasteiger partial charge >= 0.3 is 0 Å². The summed E-state index contributed by atoms with van der Waals surface area (Å²) in [6.45, 7) is 2.23. The summed E-state index contributed by atoms with van der Waals surface area (Å²) < 4.78 is 0. The number of rotatable bonds is 2. The molecular weight excluding hydrogens is 244 g/mol. The average molecular weight is 266 g/mol. The number of hydrogen-bond donors (Lipinski definition) is 0. The van der Waals surface area contributed by atoms with E-state index in [1.54, 1.807) is 0 Å². The second-order valence-corrected chi connectivity index (χ2v) is 6.98. The Morgan fingerprint density at radius 2 is 2.15 bits per heavy atom. The Labute approximate surface area is 121 Å². The summed E-state index contributed by atoms with van der Waals surface area (Å²) in [6.07, 6.45) is 11.0. The van der Waals surface area contributed by atoms with E-state index in [0.29, 0.717) is 24.0 Å². The molecule has 104 valence electrons. The Hall–Kier alpha value is -1.37. The topological polar surface area (TPSA) is 17.1 Å². The number of fused-ring (bicyclic) bond motifs is 4. The summed E-state index contributed by atoms with van der Waals surface area (Å²) in [5.74, 6) is 1.69. The van der Waals surface area contributed by atoms with Crippen molar-refractivity contribution >= 4 is 5.78 Å². The molecule has 0 aromatic heterocycles. The van der Waals surface area contributed by atoms with Gasteiger partial charge in [0, 0.05) is 11.8 Å². The quantitative estimate of drug-likeness (QED) is 0.742. The van der Waals surface area contributed by atoms with Gasteiger partial charge in [0.1, 0.15) is 5.78 Å². The van der Waals surface area contributed by atoms with Crippen LogP contribution in [0.1, 0.15) is 42.9 Å². The van der Waals surface area contributed by atoms with Crippen LogP contribution in [0.2, 0.25) is 0 Å². The van der Waals surface area contributed by atoms with Gasteiger partial charge in [-0.1, -0.05) is 43.7 Å².